The van der Waals surface area contributed by atoms with E-state index in [0.717, 1.165) is 18.8 Å². The van der Waals surface area contributed by atoms with E-state index < -0.39 is 0 Å². The van der Waals surface area contributed by atoms with E-state index in [-0.39, 0.29) is 0 Å². The smallest absolute Gasteiger partial charge is 0.0487 e. The van der Waals surface area contributed by atoms with Gasteiger partial charge in [0.05, 0.1) is 0 Å². The lowest BCUT2D eigenvalue weighted by Gasteiger charge is -2.23. The molecule has 0 aliphatic carbocycles. The van der Waals surface area contributed by atoms with Crippen LogP contribution in [0.15, 0.2) is 24.3 Å². The Morgan fingerprint density at radius 2 is 2.07 bits per heavy atom. The lowest BCUT2D eigenvalue weighted by Crippen LogP contribution is -2.26. The van der Waals surface area contributed by atoms with Crippen LogP contribution >= 0.6 is 0 Å². The first-order chi connectivity index (χ1) is 6.90. The highest BCUT2D eigenvalue weighted by Gasteiger charge is 2.14. The van der Waals surface area contributed by atoms with Crippen molar-refractivity contribution >= 4 is 5.69 Å². The zero-order chi connectivity index (χ0) is 9.80. The molecule has 0 atom stereocenters. The number of hydrogen-bond acceptors (Lipinski definition) is 3. The number of anilines is 1. The van der Waals surface area contributed by atoms with Gasteiger partial charge in [-0.25, -0.2) is 0 Å². The molecule has 0 aromatic heterocycles. The Kier molecular flexibility index (Phi) is 3.01. The van der Waals surface area contributed by atoms with E-state index in [0.29, 0.717) is 5.92 Å². The van der Waals surface area contributed by atoms with Crippen molar-refractivity contribution in [2.45, 2.75) is 18.8 Å². The molecule has 0 unspecified atom stereocenters. The minimum Gasteiger partial charge on any atom is -0.324 e. The molecule has 1 aliphatic rings. The Morgan fingerprint density at radius 1 is 1.29 bits per heavy atom. The summed E-state index contributed by atoms with van der Waals surface area (Å²) >= 11 is 0. The van der Waals surface area contributed by atoms with E-state index in [2.05, 4.69) is 28.9 Å². The predicted molar refractivity (Wildman–Crippen MR) is 59.1 cm³/mol. The topological polar surface area (TPSA) is 50.1 Å². The normalized spacial score (nSPS) is 18.1. The number of hydrogen-bond donors (Lipinski definition) is 3. The molecule has 1 heterocycles. The van der Waals surface area contributed by atoms with Gasteiger partial charge in [-0.3, -0.25) is 5.84 Å². The van der Waals surface area contributed by atoms with E-state index in [1.807, 2.05) is 6.07 Å². The van der Waals surface area contributed by atoms with Crippen LogP contribution in [0.2, 0.25) is 0 Å². The fourth-order valence-corrected chi connectivity index (χ4v) is 2.04. The molecule has 0 saturated carbocycles. The van der Waals surface area contributed by atoms with Gasteiger partial charge < -0.3 is 10.7 Å². The standard InChI is InChI=1S/C11H17N3/c12-14-11-3-1-2-10(8-11)9-4-6-13-7-5-9/h1-3,8-9,13-14H,4-7,12H2. The van der Waals surface area contributed by atoms with Crippen molar-refractivity contribution in [1.29, 1.82) is 0 Å². The van der Waals surface area contributed by atoms with Gasteiger partial charge in [0, 0.05) is 5.69 Å². The van der Waals surface area contributed by atoms with Crippen LogP contribution < -0.4 is 16.6 Å². The molecule has 14 heavy (non-hydrogen) atoms. The molecule has 0 bridgehead atoms. The van der Waals surface area contributed by atoms with E-state index in [4.69, 9.17) is 5.84 Å². The predicted octanol–water partition coefficient (Wildman–Crippen LogP) is 1.44. The second-order valence-electron chi connectivity index (χ2n) is 3.79. The molecule has 1 aromatic rings. The quantitative estimate of drug-likeness (QED) is 0.490. The van der Waals surface area contributed by atoms with E-state index in [1.54, 1.807) is 0 Å². The summed E-state index contributed by atoms with van der Waals surface area (Å²) in [6.07, 6.45) is 2.46. The third kappa shape index (κ3) is 2.05. The third-order valence-corrected chi connectivity index (χ3v) is 2.86. The van der Waals surface area contributed by atoms with E-state index in [9.17, 15) is 0 Å². The molecule has 3 nitrogen and oxygen atoms in total. The van der Waals surface area contributed by atoms with Gasteiger partial charge in [0.2, 0.25) is 0 Å². The molecule has 1 fully saturated rings. The summed E-state index contributed by atoms with van der Waals surface area (Å²) in [5.41, 5.74) is 5.10. The van der Waals surface area contributed by atoms with Gasteiger partial charge in [-0.2, -0.15) is 0 Å². The van der Waals surface area contributed by atoms with Gasteiger partial charge in [-0.1, -0.05) is 12.1 Å². The molecule has 0 amide bonds. The number of nitrogens with two attached hydrogens (primary N) is 1. The zero-order valence-corrected chi connectivity index (χ0v) is 8.29. The van der Waals surface area contributed by atoms with Crippen LogP contribution in [0.25, 0.3) is 0 Å². The summed E-state index contributed by atoms with van der Waals surface area (Å²) in [4.78, 5) is 0. The Hall–Kier alpha value is -1.06. The Labute approximate surface area is 84.7 Å². The maximum absolute atomic E-state index is 5.39. The second kappa shape index (κ2) is 4.44. The first-order valence-electron chi connectivity index (χ1n) is 5.17. The van der Waals surface area contributed by atoms with Crippen molar-refractivity contribution in [2.24, 2.45) is 5.84 Å². The van der Waals surface area contributed by atoms with Crippen molar-refractivity contribution in [1.82, 2.24) is 5.32 Å². The minimum atomic E-state index is 0.699. The second-order valence-corrected chi connectivity index (χ2v) is 3.79. The number of hydrazine groups is 1. The third-order valence-electron chi connectivity index (χ3n) is 2.86. The minimum absolute atomic E-state index is 0.699. The molecule has 4 N–H and O–H groups in total. The molecule has 0 radical (unpaired) electrons. The maximum Gasteiger partial charge on any atom is 0.0487 e. The summed E-state index contributed by atoms with van der Waals surface area (Å²) in [5, 5.41) is 3.37. The highest BCUT2D eigenvalue weighted by Crippen LogP contribution is 2.26. The molecule has 3 heteroatoms. The Bertz CT molecular complexity index is 292. The van der Waals surface area contributed by atoms with Gasteiger partial charge in [-0.05, 0) is 49.5 Å². The highest BCUT2D eigenvalue weighted by molar-refractivity contribution is 5.45. The highest BCUT2D eigenvalue weighted by atomic mass is 15.2. The summed E-state index contributed by atoms with van der Waals surface area (Å²) < 4.78 is 0. The molecule has 1 saturated heterocycles. The Morgan fingerprint density at radius 3 is 2.79 bits per heavy atom. The molecule has 76 valence electrons. The lowest BCUT2D eigenvalue weighted by molar-refractivity contribution is 0.460. The van der Waals surface area contributed by atoms with Gasteiger partial charge in [0.25, 0.3) is 0 Å². The van der Waals surface area contributed by atoms with Crippen LogP contribution in [0.5, 0.6) is 0 Å². The summed E-state index contributed by atoms with van der Waals surface area (Å²) in [6.45, 7) is 2.26. The fraction of sp³-hybridized carbons (Fsp3) is 0.455. The van der Waals surface area contributed by atoms with Crippen molar-refractivity contribution in [3.63, 3.8) is 0 Å². The number of nitrogens with one attached hydrogen (secondary N) is 2. The molecular formula is C11H17N3. The SMILES string of the molecule is NNc1cccc(C2CCNCC2)c1. The van der Waals surface area contributed by atoms with Crippen LogP contribution in [0.3, 0.4) is 0 Å². The molecular weight excluding hydrogens is 174 g/mol. The van der Waals surface area contributed by atoms with Crippen LogP contribution in [0, 0.1) is 0 Å². The van der Waals surface area contributed by atoms with Crippen molar-refractivity contribution in [2.75, 3.05) is 18.5 Å². The summed E-state index contributed by atoms with van der Waals surface area (Å²) in [5.74, 6) is 6.08. The van der Waals surface area contributed by atoms with Gasteiger partial charge >= 0.3 is 0 Å². The van der Waals surface area contributed by atoms with E-state index in [1.165, 1.54) is 18.4 Å². The average molecular weight is 191 g/mol. The van der Waals surface area contributed by atoms with Crippen molar-refractivity contribution in [3.05, 3.63) is 29.8 Å². The summed E-state index contributed by atoms with van der Waals surface area (Å²) in [6, 6.07) is 8.39. The van der Waals surface area contributed by atoms with E-state index >= 15 is 0 Å². The monoisotopic (exact) mass is 191 g/mol. The van der Waals surface area contributed by atoms with Crippen LogP contribution in [0.1, 0.15) is 24.3 Å². The van der Waals surface area contributed by atoms with Gasteiger partial charge in [0.15, 0.2) is 0 Å². The molecule has 1 aromatic carbocycles. The number of benzene rings is 1. The first kappa shape index (κ1) is 9.49. The van der Waals surface area contributed by atoms with Crippen LogP contribution in [0.4, 0.5) is 5.69 Å². The zero-order valence-electron chi connectivity index (χ0n) is 8.29. The Balaban J connectivity index is 2.13. The fourth-order valence-electron chi connectivity index (χ4n) is 2.04. The number of nitrogen functional groups attached to an aromatic ring is 1. The van der Waals surface area contributed by atoms with Crippen molar-refractivity contribution < 1.29 is 0 Å². The first-order valence-corrected chi connectivity index (χ1v) is 5.17. The lowest BCUT2D eigenvalue weighted by atomic mass is 9.90. The number of rotatable bonds is 2. The molecule has 2 rings (SSSR count). The van der Waals surface area contributed by atoms with Crippen LogP contribution in [-0.2, 0) is 0 Å². The summed E-state index contributed by atoms with van der Waals surface area (Å²) in [7, 11) is 0. The van der Waals surface area contributed by atoms with Gasteiger partial charge in [0.1, 0.15) is 0 Å². The number of piperidine rings is 1. The van der Waals surface area contributed by atoms with Gasteiger partial charge in [-0.15, -0.1) is 0 Å². The average Bonchev–Trinajstić information content (AvgIpc) is 2.30. The van der Waals surface area contributed by atoms with Crippen LogP contribution in [-0.4, -0.2) is 13.1 Å². The largest absolute Gasteiger partial charge is 0.324 e. The maximum atomic E-state index is 5.39. The molecule has 0 spiro atoms. The molecule has 1 aliphatic heterocycles. The van der Waals surface area contributed by atoms with Crippen molar-refractivity contribution in [3.8, 4) is 0 Å².